The molecule has 0 spiro atoms. The van der Waals surface area contributed by atoms with Crippen molar-refractivity contribution in [3.8, 4) is 0 Å². The normalized spacial score (nSPS) is 20.4. The first-order valence-electron chi connectivity index (χ1n) is 5.08. The van der Waals surface area contributed by atoms with Crippen LogP contribution in [-0.2, 0) is 0 Å². The number of hydrogen-bond acceptors (Lipinski definition) is 3. The Morgan fingerprint density at radius 3 is 3.06 bits per heavy atom. The van der Waals surface area contributed by atoms with E-state index < -0.39 is 0 Å². The van der Waals surface area contributed by atoms with Crippen LogP contribution in [0.3, 0.4) is 0 Å². The molecule has 0 fully saturated rings. The van der Waals surface area contributed by atoms with Crippen LogP contribution in [0.15, 0.2) is 27.7 Å². The van der Waals surface area contributed by atoms with E-state index in [1.807, 2.05) is 18.2 Å². The maximum absolute atomic E-state index is 6.03. The molecule has 1 aliphatic heterocycles. The maximum Gasteiger partial charge on any atom is 0.161 e. The SMILES string of the molecule is CC1CCSC(Nc2ccc(Br)c(Cl)c2)=N1. The Hall–Kier alpha value is -0.190. The van der Waals surface area contributed by atoms with Gasteiger partial charge in [0.1, 0.15) is 0 Å². The average molecular weight is 320 g/mol. The summed E-state index contributed by atoms with van der Waals surface area (Å²) in [6, 6.07) is 6.23. The summed E-state index contributed by atoms with van der Waals surface area (Å²) in [5, 5.41) is 4.98. The summed E-state index contributed by atoms with van der Waals surface area (Å²) in [4.78, 5) is 4.54. The number of thioether (sulfide) groups is 1. The molecule has 1 aliphatic rings. The van der Waals surface area contributed by atoms with Crippen LogP contribution >= 0.6 is 39.3 Å². The van der Waals surface area contributed by atoms with Gasteiger partial charge in [0.05, 0.1) is 11.1 Å². The van der Waals surface area contributed by atoms with E-state index in [9.17, 15) is 0 Å². The van der Waals surface area contributed by atoms with Crippen LogP contribution in [-0.4, -0.2) is 17.0 Å². The molecule has 1 atom stereocenters. The highest BCUT2D eigenvalue weighted by Gasteiger charge is 2.11. The molecule has 0 saturated heterocycles. The highest BCUT2D eigenvalue weighted by Crippen LogP contribution is 2.27. The molecule has 0 bridgehead atoms. The summed E-state index contributed by atoms with van der Waals surface area (Å²) < 4.78 is 0.909. The fraction of sp³-hybridized carbons (Fsp3) is 0.364. The summed E-state index contributed by atoms with van der Waals surface area (Å²) in [7, 11) is 0. The second-order valence-electron chi connectivity index (χ2n) is 3.67. The minimum absolute atomic E-state index is 0.412. The van der Waals surface area contributed by atoms with Crippen molar-refractivity contribution in [2.45, 2.75) is 19.4 Å². The molecular weight excluding hydrogens is 308 g/mol. The van der Waals surface area contributed by atoms with Crippen LogP contribution in [0.2, 0.25) is 5.02 Å². The van der Waals surface area contributed by atoms with Gasteiger partial charge in [0.25, 0.3) is 0 Å². The summed E-state index contributed by atoms with van der Waals surface area (Å²) in [6.07, 6.45) is 1.15. The first-order chi connectivity index (χ1) is 7.65. The largest absolute Gasteiger partial charge is 0.335 e. The zero-order valence-electron chi connectivity index (χ0n) is 8.84. The Morgan fingerprint density at radius 1 is 1.56 bits per heavy atom. The lowest BCUT2D eigenvalue weighted by atomic mass is 10.3. The van der Waals surface area contributed by atoms with E-state index in [0.29, 0.717) is 11.1 Å². The maximum atomic E-state index is 6.03. The third-order valence-electron chi connectivity index (χ3n) is 2.28. The molecule has 1 aromatic rings. The lowest BCUT2D eigenvalue weighted by Gasteiger charge is -2.17. The van der Waals surface area contributed by atoms with Crippen LogP contribution in [0.1, 0.15) is 13.3 Å². The molecule has 0 saturated carbocycles. The lowest BCUT2D eigenvalue weighted by molar-refractivity contribution is 0.720. The van der Waals surface area contributed by atoms with Gasteiger partial charge in [-0.05, 0) is 47.5 Å². The fourth-order valence-electron chi connectivity index (χ4n) is 1.39. The number of halogens is 2. The van der Waals surface area contributed by atoms with Gasteiger partial charge in [-0.15, -0.1) is 0 Å². The zero-order valence-corrected chi connectivity index (χ0v) is 12.0. The van der Waals surface area contributed by atoms with Gasteiger partial charge in [-0.25, -0.2) is 0 Å². The van der Waals surface area contributed by atoms with Crippen molar-refractivity contribution in [3.05, 3.63) is 27.7 Å². The minimum Gasteiger partial charge on any atom is -0.335 e. The third-order valence-corrected chi connectivity index (χ3v) is 4.44. The molecule has 1 unspecified atom stereocenters. The monoisotopic (exact) mass is 318 g/mol. The summed E-state index contributed by atoms with van der Waals surface area (Å²) in [6.45, 7) is 2.13. The third kappa shape index (κ3) is 3.15. The zero-order chi connectivity index (χ0) is 11.5. The van der Waals surface area contributed by atoms with Gasteiger partial charge < -0.3 is 5.32 Å². The van der Waals surface area contributed by atoms with Gasteiger partial charge >= 0.3 is 0 Å². The quantitative estimate of drug-likeness (QED) is 0.830. The number of benzene rings is 1. The van der Waals surface area contributed by atoms with E-state index in [-0.39, 0.29) is 0 Å². The molecule has 0 aliphatic carbocycles. The average Bonchev–Trinajstić information content (AvgIpc) is 2.24. The van der Waals surface area contributed by atoms with Crippen molar-refractivity contribution in [1.82, 2.24) is 0 Å². The van der Waals surface area contributed by atoms with Gasteiger partial charge in [-0.1, -0.05) is 23.4 Å². The molecule has 5 heteroatoms. The Balaban J connectivity index is 2.11. The minimum atomic E-state index is 0.412. The number of anilines is 1. The molecule has 2 nitrogen and oxygen atoms in total. The van der Waals surface area contributed by atoms with Crippen molar-refractivity contribution in [2.24, 2.45) is 4.99 Å². The van der Waals surface area contributed by atoms with Gasteiger partial charge in [-0.3, -0.25) is 4.99 Å². The summed E-state index contributed by atoms with van der Waals surface area (Å²) in [5.41, 5.74) is 0.980. The van der Waals surface area contributed by atoms with Crippen molar-refractivity contribution in [2.75, 3.05) is 11.1 Å². The first kappa shape index (κ1) is 12.3. The Kier molecular flexibility index (Phi) is 4.16. The van der Waals surface area contributed by atoms with Crippen LogP contribution < -0.4 is 5.32 Å². The smallest absolute Gasteiger partial charge is 0.161 e. The van der Waals surface area contributed by atoms with Gasteiger partial charge in [0.15, 0.2) is 5.17 Å². The predicted octanol–water partition coefficient (Wildman–Crippen LogP) is 4.40. The second kappa shape index (κ2) is 5.43. The summed E-state index contributed by atoms with van der Waals surface area (Å²) in [5.74, 6) is 1.12. The number of rotatable bonds is 1. The van der Waals surface area contributed by atoms with Gasteiger partial charge in [0.2, 0.25) is 0 Å². The van der Waals surface area contributed by atoms with Gasteiger partial charge in [0, 0.05) is 15.9 Å². The number of amidine groups is 1. The molecule has 86 valence electrons. The molecule has 1 heterocycles. The van der Waals surface area contributed by atoms with Crippen molar-refractivity contribution < 1.29 is 0 Å². The number of nitrogens with zero attached hydrogens (tertiary/aromatic N) is 1. The molecule has 0 radical (unpaired) electrons. The molecule has 2 rings (SSSR count). The van der Waals surface area contributed by atoms with E-state index in [1.165, 1.54) is 0 Å². The summed E-state index contributed by atoms with van der Waals surface area (Å²) >= 11 is 11.2. The number of aliphatic imine (C=N–C) groups is 1. The Morgan fingerprint density at radius 2 is 2.38 bits per heavy atom. The van der Waals surface area contributed by atoms with E-state index in [0.717, 1.165) is 27.5 Å². The molecule has 1 aromatic carbocycles. The number of nitrogens with one attached hydrogen (secondary N) is 1. The highest BCUT2D eigenvalue weighted by molar-refractivity contribution is 9.10. The van der Waals surface area contributed by atoms with Crippen molar-refractivity contribution in [1.29, 1.82) is 0 Å². The Labute approximate surface area is 113 Å². The molecule has 16 heavy (non-hydrogen) atoms. The van der Waals surface area contributed by atoms with Crippen LogP contribution in [0.4, 0.5) is 5.69 Å². The predicted molar refractivity (Wildman–Crippen MR) is 76.7 cm³/mol. The number of hydrogen-bond donors (Lipinski definition) is 1. The first-order valence-corrected chi connectivity index (χ1v) is 7.23. The second-order valence-corrected chi connectivity index (χ2v) is 6.02. The fourth-order valence-corrected chi connectivity index (χ4v) is 2.92. The van der Waals surface area contributed by atoms with E-state index in [1.54, 1.807) is 11.8 Å². The molecule has 1 N–H and O–H groups in total. The van der Waals surface area contributed by atoms with E-state index in [2.05, 4.69) is 33.2 Å². The lowest BCUT2D eigenvalue weighted by Crippen LogP contribution is -2.17. The van der Waals surface area contributed by atoms with Crippen molar-refractivity contribution in [3.63, 3.8) is 0 Å². The van der Waals surface area contributed by atoms with E-state index >= 15 is 0 Å². The van der Waals surface area contributed by atoms with Crippen LogP contribution in [0.25, 0.3) is 0 Å². The molecule has 0 aromatic heterocycles. The van der Waals surface area contributed by atoms with Crippen molar-refractivity contribution >= 4 is 50.1 Å². The van der Waals surface area contributed by atoms with E-state index in [4.69, 9.17) is 11.6 Å². The Bertz CT molecular complexity index is 422. The standard InChI is InChI=1S/C11H12BrClN2S/c1-7-4-5-16-11(14-7)15-8-2-3-9(12)10(13)6-8/h2-3,6-7H,4-5H2,1H3,(H,14,15). The molecule has 0 amide bonds. The molecular formula is C11H12BrClN2S. The van der Waals surface area contributed by atoms with Crippen LogP contribution in [0.5, 0.6) is 0 Å². The highest BCUT2D eigenvalue weighted by atomic mass is 79.9. The van der Waals surface area contributed by atoms with Crippen LogP contribution in [0, 0.1) is 0 Å². The topological polar surface area (TPSA) is 24.4 Å². The van der Waals surface area contributed by atoms with Gasteiger partial charge in [-0.2, -0.15) is 0 Å².